The van der Waals surface area contributed by atoms with E-state index in [1.54, 1.807) is 18.3 Å². The summed E-state index contributed by atoms with van der Waals surface area (Å²) >= 11 is 0. The highest BCUT2D eigenvalue weighted by atomic mass is 19.1. The van der Waals surface area contributed by atoms with E-state index in [0.717, 1.165) is 23.5 Å². The fraction of sp³-hybridized carbons (Fsp3) is 0.286. The maximum atomic E-state index is 12.9. The predicted molar refractivity (Wildman–Crippen MR) is 69.3 cm³/mol. The first-order chi connectivity index (χ1) is 8.69. The quantitative estimate of drug-likeness (QED) is 0.900. The van der Waals surface area contributed by atoms with E-state index in [1.807, 2.05) is 6.07 Å². The average Bonchev–Trinajstić information content (AvgIpc) is 2.40. The minimum atomic E-state index is -0.246. The molecule has 18 heavy (non-hydrogen) atoms. The first kappa shape index (κ1) is 12.6. The van der Waals surface area contributed by atoms with Gasteiger partial charge in [-0.1, -0.05) is 6.92 Å². The Bertz CT molecular complexity index is 511. The SMILES string of the molecule is CC(CN)Cc1nccc(-c2ccc(F)cc2)n1. The number of nitrogens with two attached hydrogens (primary N) is 1. The van der Waals surface area contributed by atoms with Crippen molar-refractivity contribution in [1.29, 1.82) is 0 Å². The molecule has 0 aliphatic heterocycles. The lowest BCUT2D eigenvalue weighted by Gasteiger charge is -2.08. The lowest BCUT2D eigenvalue weighted by molar-refractivity contribution is 0.574. The largest absolute Gasteiger partial charge is 0.330 e. The van der Waals surface area contributed by atoms with Crippen LogP contribution in [0.15, 0.2) is 36.5 Å². The molecule has 1 unspecified atom stereocenters. The molecule has 1 atom stereocenters. The Morgan fingerprint density at radius 3 is 2.61 bits per heavy atom. The first-order valence-electron chi connectivity index (χ1n) is 5.97. The van der Waals surface area contributed by atoms with Gasteiger partial charge in [-0.15, -0.1) is 0 Å². The van der Waals surface area contributed by atoms with Crippen molar-refractivity contribution in [3.05, 3.63) is 48.2 Å². The molecule has 2 aromatic rings. The summed E-state index contributed by atoms with van der Waals surface area (Å²) in [6, 6.07) is 8.12. The van der Waals surface area contributed by atoms with E-state index in [2.05, 4.69) is 16.9 Å². The smallest absolute Gasteiger partial charge is 0.129 e. The maximum absolute atomic E-state index is 12.9. The lowest BCUT2D eigenvalue weighted by Crippen LogP contribution is -2.14. The molecular formula is C14H16FN3. The van der Waals surface area contributed by atoms with E-state index in [0.29, 0.717) is 12.5 Å². The van der Waals surface area contributed by atoms with Gasteiger partial charge in [0.15, 0.2) is 0 Å². The fourth-order valence-corrected chi connectivity index (χ4v) is 1.67. The van der Waals surface area contributed by atoms with E-state index in [-0.39, 0.29) is 5.82 Å². The molecule has 0 spiro atoms. The number of nitrogens with zero attached hydrogens (tertiary/aromatic N) is 2. The molecule has 4 heteroatoms. The van der Waals surface area contributed by atoms with Crippen molar-refractivity contribution in [2.24, 2.45) is 11.7 Å². The highest BCUT2D eigenvalue weighted by Crippen LogP contribution is 2.17. The number of benzene rings is 1. The van der Waals surface area contributed by atoms with Crippen molar-refractivity contribution >= 4 is 0 Å². The van der Waals surface area contributed by atoms with E-state index in [9.17, 15) is 4.39 Å². The highest BCUT2D eigenvalue weighted by molar-refractivity contribution is 5.58. The molecular weight excluding hydrogens is 229 g/mol. The van der Waals surface area contributed by atoms with Crippen molar-refractivity contribution in [3.8, 4) is 11.3 Å². The third kappa shape index (κ3) is 3.11. The molecule has 2 N–H and O–H groups in total. The van der Waals surface area contributed by atoms with Crippen molar-refractivity contribution in [1.82, 2.24) is 9.97 Å². The lowest BCUT2D eigenvalue weighted by atomic mass is 10.1. The van der Waals surface area contributed by atoms with Gasteiger partial charge in [0.2, 0.25) is 0 Å². The van der Waals surface area contributed by atoms with Crippen molar-refractivity contribution in [2.45, 2.75) is 13.3 Å². The molecule has 0 amide bonds. The summed E-state index contributed by atoms with van der Waals surface area (Å²) in [5.74, 6) is 0.882. The van der Waals surface area contributed by atoms with E-state index in [1.165, 1.54) is 12.1 Å². The Balaban J connectivity index is 2.24. The van der Waals surface area contributed by atoms with Gasteiger partial charge in [-0.25, -0.2) is 14.4 Å². The predicted octanol–water partition coefficient (Wildman–Crippen LogP) is 2.42. The Kier molecular flexibility index (Phi) is 3.99. The standard InChI is InChI=1S/C14H16FN3/c1-10(9-16)8-14-17-7-6-13(18-14)11-2-4-12(15)5-3-11/h2-7,10H,8-9,16H2,1H3. The Morgan fingerprint density at radius 1 is 1.22 bits per heavy atom. The molecule has 1 aromatic heterocycles. The number of hydrogen-bond donors (Lipinski definition) is 1. The highest BCUT2D eigenvalue weighted by Gasteiger charge is 2.06. The van der Waals surface area contributed by atoms with Crippen LogP contribution in [0.1, 0.15) is 12.7 Å². The Morgan fingerprint density at radius 2 is 1.94 bits per heavy atom. The maximum Gasteiger partial charge on any atom is 0.129 e. The van der Waals surface area contributed by atoms with E-state index < -0.39 is 0 Å². The zero-order chi connectivity index (χ0) is 13.0. The van der Waals surface area contributed by atoms with Crippen LogP contribution in [0.25, 0.3) is 11.3 Å². The second-order valence-electron chi connectivity index (χ2n) is 4.41. The van der Waals surface area contributed by atoms with Crippen LogP contribution < -0.4 is 5.73 Å². The number of rotatable bonds is 4. The summed E-state index contributed by atoms with van der Waals surface area (Å²) in [6.07, 6.45) is 2.48. The van der Waals surface area contributed by atoms with Gasteiger partial charge in [-0.3, -0.25) is 0 Å². The summed E-state index contributed by atoms with van der Waals surface area (Å²) in [6.45, 7) is 2.68. The van der Waals surface area contributed by atoms with Crippen molar-refractivity contribution in [3.63, 3.8) is 0 Å². The van der Waals surface area contributed by atoms with Gasteiger partial charge in [-0.2, -0.15) is 0 Å². The minimum absolute atomic E-state index is 0.246. The van der Waals surface area contributed by atoms with Crippen LogP contribution >= 0.6 is 0 Å². The normalized spacial score (nSPS) is 12.4. The van der Waals surface area contributed by atoms with Gasteiger partial charge in [0, 0.05) is 18.2 Å². The minimum Gasteiger partial charge on any atom is -0.330 e. The summed E-state index contributed by atoms with van der Waals surface area (Å²) in [5, 5.41) is 0. The van der Waals surface area contributed by atoms with Gasteiger partial charge in [0.25, 0.3) is 0 Å². The van der Waals surface area contributed by atoms with Crippen molar-refractivity contribution < 1.29 is 4.39 Å². The van der Waals surface area contributed by atoms with Crippen LogP contribution in [0.3, 0.4) is 0 Å². The van der Waals surface area contributed by atoms with Gasteiger partial charge < -0.3 is 5.73 Å². The van der Waals surface area contributed by atoms with Crippen LogP contribution in [0.2, 0.25) is 0 Å². The molecule has 1 heterocycles. The number of halogens is 1. The molecule has 1 aromatic carbocycles. The van der Waals surface area contributed by atoms with E-state index in [4.69, 9.17) is 5.73 Å². The number of hydrogen-bond acceptors (Lipinski definition) is 3. The third-order valence-electron chi connectivity index (χ3n) is 2.78. The topological polar surface area (TPSA) is 51.8 Å². The van der Waals surface area contributed by atoms with Crippen molar-refractivity contribution in [2.75, 3.05) is 6.54 Å². The van der Waals surface area contributed by atoms with Crippen LogP contribution in [-0.2, 0) is 6.42 Å². The van der Waals surface area contributed by atoms with Gasteiger partial charge in [0.1, 0.15) is 11.6 Å². The monoisotopic (exact) mass is 245 g/mol. The second kappa shape index (κ2) is 5.69. The third-order valence-corrected chi connectivity index (χ3v) is 2.78. The first-order valence-corrected chi connectivity index (χ1v) is 5.97. The fourth-order valence-electron chi connectivity index (χ4n) is 1.67. The zero-order valence-corrected chi connectivity index (χ0v) is 10.3. The molecule has 0 saturated heterocycles. The molecule has 0 aliphatic rings. The number of aromatic nitrogens is 2. The van der Waals surface area contributed by atoms with Crippen LogP contribution in [0.4, 0.5) is 4.39 Å². The molecule has 0 bridgehead atoms. The van der Waals surface area contributed by atoms with Gasteiger partial charge in [-0.05, 0) is 42.8 Å². The molecule has 0 radical (unpaired) electrons. The summed E-state index contributed by atoms with van der Waals surface area (Å²) in [7, 11) is 0. The van der Waals surface area contributed by atoms with Crippen LogP contribution in [0.5, 0.6) is 0 Å². The average molecular weight is 245 g/mol. The molecule has 0 aliphatic carbocycles. The van der Waals surface area contributed by atoms with E-state index >= 15 is 0 Å². The van der Waals surface area contributed by atoms with Gasteiger partial charge in [0.05, 0.1) is 5.69 Å². The molecule has 94 valence electrons. The summed E-state index contributed by atoms with van der Waals surface area (Å²) in [4.78, 5) is 8.70. The molecule has 2 rings (SSSR count). The van der Waals surface area contributed by atoms with Crippen LogP contribution in [-0.4, -0.2) is 16.5 Å². The zero-order valence-electron chi connectivity index (χ0n) is 10.3. The Hall–Kier alpha value is -1.81. The summed E-state index contributed by atoms with van der Waals surface area (Å²) in [5.41, 5.74) is 7.29. The molecule has 0 fully saturated rings. The Labute approximate surface area is 106 Å². The van der Waals surface area contributed by atoms with Crippen LogP contribution in [0, 0.1) is 11.7 Å². The molecule has 3 nitrogen and oxygen atoms in total. The van der Waals surface area contributed by atoms with Gasteiger partial charge >= 0.3 is 0 Å². The second-order valence-corrected chi connectivity index (χ2v) is 4.41. The molecule has 0 saturated carbocycles. The summed E-state index contributed by atoms with van der Waals surface area (Å²) < 4.78 is 12.9.